The number of carbonyl (C=O) groups is 2. The molecule has 0 aliphatic carbocycles. The Bertz CT molecular complexity index is 1590. The predicted molar refractivity (Wildman–Crippen MR) is 134 cm³/mol. The Morgan fingerprint density at radius 2 is 1.97 bits per heavy atom. The van der Waals surface area contributed by atoms with E-state index >= 15 is 0 Å². The molecule has 1 aliphatic heterocycles. The molecule has 1 aromatic carbocycles. The Hall–Kier alpha value is -4.31. The lowest BCUT2D eigenvalue weighted by atomic mass is 10.2. The minimum absolute atomic E-state index is 0.00445. The van der Waals surface area contributed by atoms with E-state index in [1.54, 1.807) is 60.2 Å². The van der Waals surface area contributed by atoms with E-state index in [-0.39, 0.29) is 47.9 Å². The second-order valence-electron chi connectivity index (χ2n) is 8.54. The maximum absolute atomic E-state index is 13.4. The Morgan fingerprint density at radius 1 is 1.16 bits per heavy atom. The van der Waals surface area contributed by atoms with Gasteiger partial charge in [-0.1, -0.05) is 24.3 Å². The molecular formula is C27H26N4O6. The van der Waals surface area contributed by atoms with E-state index in [9.17, 15) is 14.4 Å². The maximum Gasteiger partial charge on any atom is 0.341 e. The van der Waals surface area contributed by atoms with Crippen molar-refractivity contribution >= 4 is 28.6 Å². The zero-order valence-corrected chi connectivity index (χ0v) is 20.3. The fraction of sp³-hybridized carbons (Fsp3) is 0.296. The second-order valence-corrected chi connectivity index (χ2v) is 8.54. The fourth-order valence-electron chi connectivity index (χ4n) is 4.33. The molecule has 10 heteroatoms. The Labute approximate surface area is 211 Å². The smallest absolute Gasteiger partial charge is 0.341 e. The number of pyridine rings is 2. The fourth-order valence-corrected chi connectivity index (χ4v) is 4.33. The highest BCUT2D eigenvalue weighted by Gasteiger charge is 2.23. The van der Waals surface area contributed by atoms with Crippen molar-refractivity contribution in [2.75, 3.05) is 19.8 Å². The van der Waals surface area contributed by atoms with Crippen molar-refractivity contribution in [1.82, 2.24) is 14.0 Å². The molecule has 190 valence electrons. The number of carbonyl (C=O) groups excluding carboxylic acids is 2. The van der Waals surface area contributed by atoms with Gasteiger partial charge in [0.05, 0.1) is 24.6 Å². The number of rotatable bonds is 7. The average Bonchev–Trinajstić information content (AvgIpc) is 3.43. The van der Waals surface area contributed by atoms with Gasteiger partial charge in [-0.25, -0.2) is 9.78 Å². The molecule has 1 unspecified atom stereocenters. The number of hydrogen-bond donors (Lipinski definition) is 0. The van der Waals surface area contributed by atoms with Gasteiger partial charge < -0.3 is 18.8 Å². The summed E-state index contributed by atoms with van der Waals surface area (Å²) in [5, 5.41) is 0.205. The van der Waals surface area contributed by atoms with Crippen LogP contribution in [0.2, 0.25) is 0 Å². The number of ether oxygens (including phenoxy) is 3. The number of nitrogens with zero attached hydrogens (tertiary/aromatic N) is 4. The Morgan fingerprint density at radius 3 is 2.73 bits per heavy atom. The van der Waals surface area contributed by atoms with E-state index < -0.39 is 11.9 Å². The summed E-state index contributed by atoms with van der Waals surface area (Å²) < 4.78 is 19.7. The number of amides is 1. The van der Waals surface area contributed by atoms with Crippen molar-refractivity contribution < 1.29 is 23.8 Å². The quantitative estimate of drug-likeness (QED) is 0.282. The third-order valence-electron chi connectivity index (χ3n) is 6.03. The first-order chi connectivity index (χ1) is 18.0. The molecule has 1 fully saturated rings. The number of para-hydroxylation sites is 1. The molecular weight excluding hydrogens is 476 g/mol. The topological polar surface area (TPSA) is 113 Å². The van der Waals surface area contributed by atoms with Gasteiger partial charge in [-0.15, -0.1) is 0 Å². The summed E-state index contributed by atoms with van der Waals surface area (Å²) >= 11 is 0. The van der Waals surface area contributed by atoms with Crippen molar-refractivity contribution in [3.05, 3.63) is 82.2 Å². The Balaban J connectivity index is 1.72. The average molecular weight is 503 g/mol. The molecule has 4 heterocycles. The largest absolute Gasteiger partial charge is 0.484 e. The van der Waals surface area contributed by atoms with E-state index in [0.29, 0.717) is 23.7 Å². The number of benzene rings is 1. The zero-order chi connectivity index (χ0) is 25.8. The van der Waals surface area contributed by atoms with Crippen LogP contribution in [0.3, 0.4) is 0 Å². The van der Waals surface area contributed by atoms with Crippen LogP contribution in [-0.2, 0) is 20.8 Å². The second kappa shape index (κ2) is 10.8. The maximum atomic E-state index is 13.4. The monoisotopic (exact) mass is 502 g/mol. The van der Waals surface area contributed by atoms with Crippen molar-refractivity contribution in [2.24, 2.45) is 4.99 Å². The van der Waals surface area contributed by atoms with Crippen LogP contribution in [0.4, 0.5) is 0 Å². The summed E-state index contributed by atoms with van der Waals surface area (Å²) in [5.41, 5.74) is 0.424. The minimum Gasteiger partial charge on any atom is -0.484 e. The van der Waals surface area contributed by atoms with E-state index in [4.69, 9.17) is 19.2 Å². The molecule has 1 aliphatic rings. The third-order valence-corrected chi connectivity index (χ3v) is 6.03. The number of esters is 1. The van der Waals surface area contributed by atoms with Crippen LogP contribution in [0.1, 0.15) is 30.1 Å². The van der Waals surface area contributed by atoms with Crippen molar-refractivity contribution in [3.8, 4) is 5.75 Å². The van der Waals surface area contributed by atoms with E-state index in [0.717, 1.165) is 12.8 Å². The molecule has 1 saturated heterocycles. The summed E-state index contributed by atoms with van der Waals surface area (Å²) in [7, 11) is 0. The summed E-state index contributed by atoms with van der Waals surface area (Å²) in [4.78, 5) is 48.4. The lowest BCUT2D eigenvalue weighted by Gasteiger charge is -2.18. The molecule has 10 nitrogen and oxygen atoms in total. The first-order valence-corrected chi connectivity index (χ1v) is 12.1. The van der Waals surface area contributed by atoms with E-state index in [2.05, 4.69) is 4.99 Å². The summed E-state index contributed by atoms with van der Waals surface area (Å²) in [6, 6.07) is 15.5. The van der Waals surface area contributed by atoms with Crippen LogP contribution in [0.5, 0.6) is 5.75 Å². The van der Waals surface area contributed by atoms with Gasteiger partial charge in [0.15, 0.2) is 12.1 Å². The summed E-state index contributed by atoms with van der Waals surface area (Å²) in [6.45, 7) is 2.32. The zero-order valence-electron chi connectivity index (χ0n) is 20.3. The van der Waals surface area contributed by atoms with Crippen molar-refractivity contribution in [3.63, 3.8) is 0 Å². The number of aromatic nitrogens is 3. The molecule has 0 N–H and O–H groups in total. The lowest BCUT2D eigenvalue weighted by molar-refractivity contribution is -0.120. The van der Waals surface area contributed by atoms with E-state index in [1.165, 1.54) is 10.5 Å². The van der Waals surface area contributed by atoms with Crippen molar-refractivity contribution in [2.45, 2.75) is 32.4 Å². The van der Waals surface area contributed by atoms with Crippen molar-refractivity contribution in [1.29, 1.82) is 0 Å². The molecule has 1 amide bonds. The highest BCUT2D eigenvalue weighted by molar-refractivity contribution is 5.93. The predicted octanol–water partition coefficient (Wildman–Crippen LogP) is 2.51. The van der Waals surface area contributed by atoms with Crippen LogP contribution in [0, 0.1) is 0 Å². The van der Waals surface area contributed by atoms with Gasteiger partial charge in [0.25, 0.3) is 11.5 Å². The molecule has 0 saturated carbocycles. The van der Waals surface area contributed by atoms with Gasteiger partial charge in [-0.05, 0) is 50.1 Å². The lowest BCUT2D eigenvalue weighted by Crippen LogP contribution is -2.35. The Kier molecular flexibility index (Phi) is 7.09. The molecule has 37 heavy (non-hydrogen) atoms. The SMILES string of the molecule is CCOC(=O)c1cc2c(=O)n3ccccc3nc2n(CC2CCCO2)c1=NC(=O)COc1ccccc1. The first-order valence-electron chi connectivity index (χ1n) is 12.1. The van der Waals surface area contributed by atoms with Crippen LogP contribution in [0.25, 0.3) is 16.7 Å². The summed E-state index contributed by atoms with van der Waals surface area (Å²) in [5.74, 6) is -0.783. The highest BCUT2D eigenvalue weighted by atomic mass is 16.5. The van der Waals surface area contributed by atoms with Gasteiger partial charge in [0, 0.05) is 12.8 Å². The first kappa shape index (κ1) is 24.4. The van der Waals surface area contributed by atoms with Gasteiger partial charge >= 0.3 is 5.97 Å². The highest BCUT2D eigenvalue weighted by Crippen LogP contribution is 2.17. The van der Waals surface area contributed by atoms with E-state index in [1.807, 2.05) is 6.07 Å². The molecule has 0 spiro atoms. The number of hydrogen-bond acceptors (Lipinski definition) is 7. The van der Waals surface area contributed by atoms with Crippen LogP contribution >= 0.6 is 0 Å². The molecule has 1 atom stereocenters. The van der Waals surface area contributed by atoms with Gasteiger partial charge in [-0.3, -0.25) is 14.0 Å². The third kappa shape index (κ3) is 5.14. The standard InChI is InChI=1S/C27H26N4O6/c1-2-35-27(34)21-15-20-24(28-22-12-6-7-13-30(22)26(20)33)31(16-19-11-8-14-36-19)25(21)29-23(32)17-37-18-9-4-3-5-10-18/h3-7,9-10,12-13,15,19H,2,8,11,14,16-17H2,1H3. The molecule has 3 aromatic heterocycles. The molecule has 4 aromatic rings. The van der Waals surface area contributed by atoms with Crippen LogP contribution in [0.15, 0.2) is 70.6 Å². The molecule has 0 bridgehead atoms. The minimum atomic E-state index is -0.696. The van der Waals surface area contributed by atoms with Gasteiger partial charge in [0.1, 0.15) is 22.6 Å². The molecule has 5 rings (SSSR count). The van der Waals surface area contributed by atoms with Crippen LogP contribution < -0.4 is 15.8 Å². The van der Waals surface area contributed by atoms with Gasteiger partial charge in [0.2, 0.25) is 0 Å². The van der Waals surface area contributed by atoms with Gasteiger partial charge in [-0.2, -0.15) is 4.99 Å². The van der Waals surface area contributed by atoms with Crippen LogP contribution in [-0.4, -0.2) is 51.8 Å². The normalized spacial score (nSPS) is 15.8. The summed E-state index contributed by atoms with van der Waals surface area (Å²) in [6.07, 6.45) is 3.10. The molecule has 0 radical (unpaired) electrons. The number of fused-ring (bicyclic) bond motifs is 2.